The summed E-state index contributed by atoms with van der Waals surface area (Å²) in [5.74, 6) is -0.100. The second kappa shape index (κ2) is 7.25. The summed E-state index contributed by atoms with van der Waals surface area (Å²) in [5.41, 5.74) is 3.26. The van der Waals surface area contributed by atoms with Crippen molar-refractivity contribution in [3.8, 4) is 0 Å². The van der Waals surface area contributed by atoms with Gasteiger partial charge in [0.1, 0.15) is 5.01 Å². The van der Waals surface area contributed by atoms with Crippen LogP contribution in [0.15, 0.2) is 60.8 Å². The van der Waals surface area contributed by atoms with Crippen LogP contribution in [0.25, 0.3) is 27.3 Å². The van der Waals surface area contributed by atoms with E-state index in [1.807, 2.05) is 55.5 Å². The number of nitrogens with zero attached hydrogens (tertiary/aromatic N) is 4. The third-order valence-electron chi connectivity index (χ3n) is 4.46. The van der Waals surface area contributed by atoms with Gasteiger partial charge >= 0.3 is 0 Å². The molecule has 4 aromatic rings. The van der Waals surface area contributed by atoms with Crippen LogP contribution in [0, 0.1) is 0 Å². The van der Waals surface area contributed by atoms with Crippen molar-refractivity contribution in [2.45, 2.75) is 13.0 Å². The molecule has 27 heavy (non-hydrogen) atoms. The Kier molecular flexibility index (Phi) is 4.64. The van der Waals surface area contributed by atoms with E-state index in [-0.39, 0.29) is 11.9 Å². The highest BCUT2D eigenvalue weighted by atomic mass is 32.1. The summed E-state index contributed by atoms with van der Waals surface area (Å²) in [6.45, 7) is 1.99. The lowest BCUT2D eigenvalue weighted by atomic mass is 10.2. The van der Waals surface area contributed by atoms with Crippen molar-refractivity contribution in [3.63, 3.8) is 0 Å². The minimum Gasteiger partial charge on any atom is -0.333 e. The molecule has 2 aromatic carbocycles. The topological polar surface area (TPSA) is 59.0 Å². The maximum atomic E-state index is 12.6. The summed E-state index contributed by atoms with van der Waals surface area (Å²) in [5, 5.41) is 0.922. The molecule has 0 aliphatic rings. The predicted octanol–water partition coefficient (Wildman–Crippen LogP) is 4.47. The van der Waals surface area contributed by atoms with Crippen LogP contribution in [-0.4, -0.2) is 32.8 Å². The molecular formula is C21H18N4OS. The molecule has 0 N–H and O–H groups in total. The van der Waals surface area contributed by atoms with Gasteiger partial charge in [-0.15, -0.1) is 11.3 Å². The van der Waals surface area contributed by atoms with Gasteiger partial charge < -0.3 is 4.90 Å². The Morgan fingerprint density at radius 3 is 2.52 bits per heavy atom. The summed E-state index contributed by atoms with van der Waals surface area (Å²) in [4.78, 5) is 27.8. The number of benzene rings is 2. The van der Waals surface area contributed by atoms with Gasteiger partial charge in [-0.3, -0.25) is 9.78 Å². The van der Waals surface area contributed by atoms with E-state index in [1.165, 1.54) is 6.08 Å². The number of hydrogen-bond donors (Lipinski definition) is 0. The molecule has 5 nitrogen and oxygen atoms in total. The van der Waals surface area contributed by atoms with Crippen LogP contribution in [-0.2, 0) is 4.79 Å². The second-order valence-electron chi connectivity index (χ2n) is 6.26. The predicted molar refractivity (Wildman–Crippen MR) is 109 cm³/mol. The minimum atomic E-state index is -0.109. The van der Waals surface area contributed by atoms with Crippen molar-refractivity contribution in [3.05, 3.63) is 71.5 Å². The zero-order valence-corrected chi connectivity index (χ0v) is 15.9. The highest BCUT2D eigenvalue weighted by Gasteiger charge is 2.19. The fourth-order valence-electron chi connectivity index (χ4n) is 2.75. The number of hydrogen-bond acceptors (Lipinski definition) is 5. The molecule has 0 saturated heterocycles. The molecule has 0 saturated carbocycles. The summed E-state index contributed by atoms with van der Waals surface area (Å²) in [6.07, 6.45) is 4.90. The third-order valence-corrected chi connectivity index (χ3v) is 5.67. The Morgan fingerprint density at radius 2 is 1.74 bits per heavy atom. The van der Waals surface area contributed by atoms with Crippen LogP contribution in [0.5, 0.6) is 0 Å². The van der Waals surface area contributed by atoms with Crippen molar-refractivity contribution < 1.29 is 4.79 Å². The second-order valence-corrected chi connectivity index (χ2v) is 7.32. The van der Waals surface area contributed by atoms with Crippen LogP contribution >= 0.6 is 11.3 Å². The highest BCUT2D eigenvalue weighted by Crippen LogP contribution is 2.28. The maximum Gasteiger partial charge on any atom is 0.246 e. The van der Waals surface area contributed by atoms with Crippen molar-refractivity contribution >= 4 is 44.6 Å². The number of carbonyl (C=O) groups is 1. The van der Waals surface area contributed by atoms with Crippen LogP contribution in [0.2, 0.25) is 0 Å². The number of aromatic nitrogens is 3. The zero-order chi connectivity index (χ0) is 18.8. The van der Waals surface area contributed by atoms with E-state index < -0.39 is 0 Å². The molecule has 0 fully saturated rings. The molecule has 2 heterocycles. The van der Waals surface area contributed by atoms with E-state index in [9.17, 15) is 4.79 Å². The molecule has 1 amide bonds. The van der Waals surface area contributed by atoms with Gasteiger partial charge in [0.2, 0.25) is 5.91 Å². The average molecular weight is 374 g/mol. The van der Waals surface area contributed by atoms with Crippen molar-refractivity contribution in [1.29, 1.82) is 0 Å². The molecule has 0 bridgehead atoms. The average Bonchev–Trinajstić information content (AvgIpc) is 3.15. The Labute approximate surface area is 161 Å². The molecule has 134 valence electrons. The van der Waals surface area contributed by atoms with Crippen molar-refractivity contribution in [2.75, 3.05) is 7.05 Å². The third kappa shape index (κ3) is 3.57. The molecular weight excluding hydrogens is 356 g/mol. The largest absolute Gasteiger partial charge is 0.333 e. The van der Waals surface area contributed by atoms with Gasteiger partial charge in [0.15, 0.2) is 0 Å². The Morgan fingerprint density at radius 1 is 1.04 bits per heavy atom. The standard InChI is InChI=1S/C21H18N4OS/c1-14(21-24-18-9-5-6-10-19(18)27-21)25(2)20(26)12-11-15-13-22-16-7-3-4-8-17(16)23-15/h3-14H,1-2H3/b12-11+/t14-/m0/s1. The molecule has 0 unspecified atom stereocenters. The van der Waals surface area contributed by atoms with E-state index in [0.717, 1.165) is 26.3 Å². The minimum absolute atomic E-state index is 0.100. The molecule has 2 aromatic heterocycles. The summed E-state index contributed by atoms with van der Waals surface area (Å²) in [7, 11) is 1.79. The number of para-hydroxylation sites is 3. The Hall–Kier alpha value is -3.12. The zero-order valence-electron chi connectivity index (χ0n) is 15.0. The van der Waals surface area contributed by atoms with Crippen molar-refractivity contribution in [2.24, 2.45) is 0 Å². The van der Waals surface area contributed by atoms with E-state index in [2.05, 4.69) is 15.0 Å². The van der Waals surface area contributed by atoms with Gasteiger partial charge in [-0.25, -0.2) is 9.97 Å². The smallest absolute Gasteiger partial charge is 0.246 e. The molecule has 0 aliphatic heterocycles. The molecule has 0 radical (unpaired) electrons. The normalized spacial score (nSPS) is 12.7. The highest BCUT2D eigenvalue weighted by molar-refractivity contribution is 7.18. The lowest BCUT2D eigenvalue weighted by molar-refractivity contribution is -0.126. The SMILES string of the molecule is C[C@@H](c1nc2ccccc2s1)N(C)C(=O)/C=C/c1cnc2ccccc2n1. The quantitative estimate of drug-likeness (QED) is 0.495. The Balaban J connectivity index is 1.51. The monoisotopic (exact) mass is 374 g/mol. The number of rotatable bonds is 4. The molecule has 0 spiro atoms. The van der Waals surface area contributed by atoms with Crippen LogP contribution in [0.4, 0.5) is 0 Å². The lowest BCUT2D eigenvalue weighted by Gasteiger charge is -2.21. The van der Waals surface area contributed by atoms with Gasteiger partial charge in [-0.2, -0.15) is 0 Å². The summed E-state index contributed by atoms with van der Waals surface area (Å²) < 4.78 is 1.13. The molecule has 0 aliphatic carbocycles. The van der Waals surface area contributed by atoms with E-state index in [4.69, 9.17) is 0 Å². The van der Waals surface area contributed by atoms with E-state index >= 15 is 0 Å². The molecule has 6 heteroatoms. The maximum absolute atomic E-state index is 12.6. The first-order valence-electron chi connectivity index (χ1n) is 8.64. The fraction of sp³-hybridized carbons (Fsp3) is 0.143. The van der Waals surface area contributed by atoms with Crippen LogP contribution < -0.4 is 0 Å². The number of amides is 1. The first-order chi connectivity index (χ1) is 13.1. The fourth-order valence-corrected chi connectivity index (χ4v) is 3.81. The summed E-state index contributed by atoms with van der Waals surface area (Å²) in [6, 6.07) is 15.6. The van der Waals surface area contributed by atoms with Crippen LogP contribution in [0.3, 0.4) is 0 Å². The number of fused-ring (bicyclic) bond motifs is 2. The van der Waals surface area contributed by atoms with E-state index in [0.29, 0.717) is 5.69 Å². The Bertz CT molecular complexity index is 1120. The van der Waals surface area contributed by atoms with Gasteiger partial charge in [-0.05, 0) is 37.3 Å². The van der Waals surface area contributed by atoms with Gasteiger partial charge in [0.05, 0.1) is 39.2 Å². The first-order valence-corrected chi connectivity index (χ1v) is 9.45. The van der Waals surface area contributed by atoms with Gasteiger partial charge in [0, 0.05) is 13.1 Å². The van der Waals surface area contributed by atoms with Crippen LogP contribution in [0.1, 0.15) is 23.7 Å². The van der Waals surface area contributed by atoms with E-state index in [1.54, 1.807) is 35.6 Å². The number of likely N-dealkylation sites (N-methyl/N-ethyl adjacent to an activating group) is 1. The number of carbonyl (C=O) groups excluding carboxylic acids is 1. The summed E-state index contributed by atoms with van der Waals surface area (Å²) >= 11 is 1.62. The molecule has 4 rings (SSSR count). The van der Waals surface area contributed by atoms with Gasteiger partial charge in [0.25, 0.3) is 0 Å². The van der Waals surface area contributed by atoms with Crippen molar-refractivity contribution in [1.82, 2.24) is 19.9 Å². The first kappa shape index (κ1) is 17.3. The molecule has 1 atom stereocenters. The van der Waals surface area contributed by atoms with Gasteiger partial charge in [-0.1, -0.05) is 24.3 Å². The lowest BCUT2D eigenvalue weighted by Crippen LogP contribution is -2.27. The number of thiazole rings is 1.